The summed E-state index contributed by atoms with van der Waals surface area (Å²) in [5, 5.41) is 0. The third kappa shape index (κ3) is 3.14. The van der Waals surface area contributed by atoms with Crippen molar-refractivity contribution in [2.24, 2.45) is 11.3 Å². The lowest BCUT2D eigenvalue weighted by Gasteiger charge is -2.38. The molecule has 0 bridgehead atoms. The third-order valence-corrected chi connectivity index (χ3v) is 8.85. The first kappa shape index (κ1) is 18.4. The van der Waals surface area contributed by atoms with E-state index in [1.54, 1.807) is 0 Å². The molecule has 5 atom stereocenters. The predicted octanol–water partition coefficient (Wildman–Crippen LogP) is 3.41. The maximum absolute atomic E-state index is 12.5. The summed E-state index contributed by atoms with van der Waals surface area (Å²) in [5.41, 5.74) is -0.512. The Morgan fingerprint density at radius 2 is 1.80 bits per heavy atom. The summed E-state index contributed by atoms with van der Waals surface area (Å²) in [6.45, 7) is 9.54. The first-order valence-corrected chi connectivity index (χ1v) is 11.1. The minimum absolute atomic E-state index is 0.00502. The summed E-state index contributed by atoms with van der Waals surface area (Å²) >= 11 is 3.99. The Bertz CT molecular complexity index is 552. The summed E-state index contributed by atoms with van der Waals surface area (Å²) in [5.74, 6) is 1.68. The van der Waals surface area contributed by atoms with Crippen molar-refractivity contribution in [1.29, 1.82) is 0 Å². The molecule has 4 fully saturated rings. The van der Waals surface area contributed by atoms with Crippen LogP contribution in [0.2, 0.25) is 0 Å². The van der Waals surface area contributed by atoms with Crippen molar-refractivity contribution in [3.63, 3.8) is 0 Å². The number of hydrogen-bond donors (Lipinski definition) is 0. The highest BCUT2D eigenvalue weighted by Crippen LogP contribution is 2.63. The second-order valence-electron chi connectivity index (χ2n) is 8.86. The van der Waals surface area contributed by atoms with Crippen LogP contribution in [-0.4, -0.2) is 51.9 Å². The first-order chi connectivity index (χ1) is 11.6. The van der Waals surface area contributed by atoms with Gasteiger partial charge in [0.1, 0.15) is 18.3 Å². The van der Waals surface area contributed by atoms with Crippen molar-refractivity contribution in [3.05, 3.63) is 0 Å². The van der Waals surface area contributed by atoms with Crippen LogP contribution in [0.4, 0.5) is 0 Å². The quantitative estimate of drug-likeness (QED) is 0.638. The molecule has 4 aliphatic rings. The molecule has 4 rings (SSSR count). The molecule has 3 saturated heterocycles. The fraction of sp³-hybridized carbons (Fsp3) is 0.944. The van der Waals surface area contributed by atoms with E-state index in [4.69, 9.17) is 18.9 Å². The lowest BCUT2D eigenvalue weighted by Crippen LogP contribution is -2.40. The zero-order chi connectivity index (χ0) is 18.0. The van der Waals surface area contributed by atoms with Crippen molar-refractivity contribution >= 4 is 29.5 Å². The van der Waals surface area contributed by atoms with E-state index >= 15 is 0 Å². The fourth-order valence-electron chi connectivity index (χ4n) is 4.21. The molecule has 0 unspecified atom stereocenters. The van der Waals surface area contributed by atoms with Crippen LogP contribution >= 0.6 is 23.5 Å². The average Bonchev–Trinajstić information content (AvgIpc) is 3.06. The predicted molar refractivity (Wildman–Crippen MR) is 98.4 cm³/mol. The van der Waals surface area contributed by atoms with Gasteiger partial charge in [-0.1, -0.05) is 0 Å². The lowest BCUT2D eigenvalue weighted by molar-refractivity contribution is -0.219. The number of ether oxygens (including phenoxy) is 4. The first-order valence-electron chi connectivity index (χ1n) is 9.11. The van der Waals surface area contributed by atoms with E-state index in [-0.39, 0.29) is 40.6 Å². The Morgan fingerprint density at radius 3 is 2.44 bits per heavy atom. The van der Waals surface area contributed by atoms with E-state index < -0.39 is 11.2 Å². The molecular weight excluding hydrogens is 360 g/mol. The maximum atomic E-state index is 12.5. The van der Waals surface area contributed by atoms with Crippen molar-refractivity contribution in [2.45, 2.75) is 81.9 Å². The summed E-state index contributed by atoms with van der Waals surface area (Å²) in [6.07, 6.45) is 1.23. The summed E-state index contributed by atoms with van der Waals surface area (Å²) in [6, 6.07) is 0. The molecule has 0 N–H and O–H groups in total. The number of thioether (sulfide) groups is 2. The van der Waals surface area contributed by atoms with Crippen LogP contribution in [0, 0.1) is 11.3 Å². The zero-order valence-electron chi connectivity index (χ0n) is 15.6. The number of rotatable bonds is 1. The SMILES string of the molecule is CC1(C)O[C@H]2O[C@H]3[C@@H]([C@H]2O1)C1(C[C@H]3OC(=O)C(C)(C)C)SCCCS1. The molecule has 7 heteroatoms. The Kier molecular flexibility index (Phi) is 4.44. The molecule has 1 spiro atoms. The van der Waals surface area contributed by atoms with E-state index in [0.29, 0.717) is 0 Å². The number of carbonyl (C=O) groups excluding carboxylic acids is 1. The molecule has 1 saturated carbocycles. The van der Waals surface area contributed by atoms with Crippen LogP contribution in [0.15, 0.2) is 0 Å². The largest absolute Gasteiger partial charge is 0.459 e. The Hall–Kier alpha value is 0.0500. The van der Waals surface area contributed by atoms with Gasteiger partial charge in [-0.25, -0.2) is 0 Å². The monoisotopic (exact) mass is 388 g/mol. The van der Waals surface area contributed by atoms with E-state index in [0.717, 1.165) is 17.9 Å². The van der Waals surface area contributed by atoms with Gasteiger partial charge in [-0.2, -0.15) is 0 Å². The summed E-state index contributed by atoms with van der Waals surface area (Å²) < 4.78 is 24.4. The number of esters is 1. The molecule has 5 nitrogen and oxygen atoms in total. The molecule has 0 radical (unpaired) electrons. The number of carbonyl (C=O) groups is 1. The number of hydrogen-bond acceptors (Lipinski definition) is 7. The molecule has 0 aromatic rings. The number of fused-ring (bicyclic) bond motifs is 4. The Morgan fingerprint density at radius 1 is 1.12 bits per heavy atom. The van der Waals surface area contributed by atoms with Crippen LogP contribution in [0.1, 0.15) is 47.5 Å². The Labute approximate surface area is 158 Å². The topological polar surface area (TPSA) is 54.0 Å². The highest BCUT2D eigenvalue weighted by Gasteiger charge is 2.68. The Balaban J connectivity index is 1.60. The normalized spacial score (nSPS) is 41.6. The van der Waals surface area contributed by atoms with Gasteiger partial charge in [-0.3, -0.25) is 4.79 Å². The van der Waals surface area contributed by atoms with Gasteiger partial charge in [0.25, 0.3) is 0 Å². The molecule has 0 aromatic heterocycles. The zero-order valence-corrected chi connectivity index (χ0v) is 17.2. The smallest absolute Gasteiger partial charge is 0.311 e. The standard InChI is InChI=1S/C18H28O5S2/c1-16(2,3)15(19)20-10-9-18(24-7-6-8-25-18)11-12(10)21-14-13(11)22-17(4,5)23-14/h10-14H,6-9H2,1-5H3/t10-,11+,12-,13-,14-/m1/s1. The lowest BCUT2D eigenvalue weighted by atomic mass is 9.97. The molecule has 3 heterocycles. The van der Waals surface area contributed by atoms with Crippen molar-refractivity contribution < 1.29 is 23.7 Å². The van der Waals surface area contributed by atoms with E-state index in [1.807, 2.05) is 58.1 Å². The molecule has 1 aliphatic carbocycles. The van der Waals surface area contributed by atoms with Crippen LogP contribution in [0.5, 0.6) is 0 Å². The molecule has 0 aromatic carbocycles. The molecule has 0 amide bonds. The van der Waals surface area contributed by atoms with Gasteiger partial charge in [0.05, 0.1) is 9.49 Å². The summed E-state index contributed by atoms with van der Waals surface area (Å²) in [4.78, 5) is 12.5. The van der Waals surface area contributed by atoms with Crippen molar-refractivity contribution in [3.8, 4) is 0 Å². The molecule has 25 heavy (non-hydrogen) atoms. The van der Waals surface area contributed by atoms with Crippen molar-refractivity contribution in [2.75, 3.05) is 11.5 Å². The van der Waals surface area contributed by atoms with Gasteiger partial charge >= 0.3 is 5.97 Å². The van der Waals surface area contributed by atoms with Gasteiger partial charge in [0.2, 0.25) is 0 Å². The highest BCUT2D eigenvalue weighted by atomic mass is 32.2. The average molecular weight is 389 g/mol. The minimum Gasteiger partial charge on any atom is -0.459 e. The second kappa shape index (κ2) is 6.03. The van der Waals surface area contributed by atoms with Crippen LogP contribution in [0.25, 0.3) is 0 Å². The van der Waals surface area contributed by atoms with Crippen LogP contribution in [0.3, 0.4) is 0 Å². The van der Waals surface area contributed by atoms with Gasteiger partial charge < -0.3 is 18.9 Å². The van der Waals surface area contributed by atoms with Gasteiger partial charge in [-0.15, -0.1) is 23.5 Å². The van der Waals surface area contributed by atoms with Crippen molar-refractivity contribution in [1.82, 2.24) is 0 Å². The second-order valence-corrected chi connectivity index (χ2v) is 12.0. The molecule has 142 valence electrons. The minimum atomic E-state index is -0.619. The van der Waals surface area contributed by atoms with Gasteiger partial charge in [-0.05, 0) is 52.5 Å². The van der Waals surface area contributed by atoms with E-state index in [9.17, 15) is 4.79 Å². The highest BCUT2D eigenvalue weighted by molar-refractivity contribution is 8.18. The molecule has 3 aliphatic heterocycles. The van der Waals surface area contributed by atoms with Crippen LogP contribution in [-0.2, 0) is 23.7 Å². The van der Waals surface area contributed by atoms with Crippen LogP contribution < -0.4 is 0 Å². The van der Waals surface area contributed by atoms with Gasteiger partial charge in [0, 0.05) is 12.3 Å². The fourth-order valence-corrected chi connectivity index (χ4v) is 7.98. The van der Waals surface area contributed by atoms with E-state index in [2.05, 4.69) is 0 Å². The van der Waals surface area contributed by atoms with E-state index in [1.165, 1.54) is 6.42 Å². The molecular formula is C18H28O5S2. The third-order valence-electron chi connectivity index (χ3n) is 5.30. The maximum Gasteiger partial charge on any atom is 0.311 e. The van der Waals surface area contributed by atoms with Gasteiger partial charge in [0.15, 0.2) is 12.1 Å². The summed E-state index contributed by atoms with van der Waals surface area (Å²) in [7, 11) is 0.